The lowest BCUT2D eigenvalue weighted by atomic mass is 10.1. The van der Waals surface area contributed by atoms with E-state index in [9.17, 15) is 9.18 Å². The van der Waals surface area contributed by atoms with E-state index in [2.05, 4.69) is 18.8 Å². The molecule has 3 rings (SSSR count). The summed E-state index contributed by atoms with van der Waals surface area (Å²) in [7, 11) is 0. The van der Waals surface area contributed by atoms with Crippen molar-refractivity contribution in [1.82, 2.24) is 9.55 Å². The fourth-order valence-corrected chi connectivity index (χ4v) is 3.24. The number of fused-ring (bicyclic) bond motifs is 1. The molecular weight excluding hydrogens is 287 g/mol. The Morgan fingerprint density at radius 3 is 2.67 bits per heavy atom. The van der Waals surface area contributed by atoms with E-state index >= 15 is 0 Å². The Morgan fingerprint density at radius 2 is 2.00 bits per heavy atom. The average molecular weight is 302 g/mol. The van der Waals surface area contributed by atoms with Gasteiger partial charge in [0.05, 0.1) is 11.7 Å². The van der Waals surface area contributed by atoms with Crippen molar-refractivity contribution in [3.8, 4) is 11.1 Å². The number of thiophene rings is 1. The van der Waals surface area contributed by atoms with Gasteiger partial charge in [-0.1, -0.05) is 26.0 Å². The van der Waals surface area contributed by atoms with Gasteiger partial charge in [-0.25, -0.2) is 9.37 Å². The Hall–Kier alpha value is -2.01. The number of aromatic nitrogens is 2. The molecule has 0 bridgehead atoms. The van der Waals surface area contributed by atoms with Gasteiger partial charge in [0.25, 0.3) is 5.56 Å². The van der Waals surface area contributed by atoms with Crippen LogP contribution in [0.25, 0.3) is 21.3 Å². The summed E-state index contributed by atoms with van der Waals surface area (Å²) >= 11 is 1.44. The van der Waals surface area contributed by atoms with E-state index in [0.29, 0.717) is 17.8 Å². The van der Waals surface area contributed by atoms with Crippen molar-refractivity contribution in [2.24, 2.45) is 5.92 Å². The zero-order valence-electron chi connectivity index (χ0n) is 11.8. The van der Waals surface area contributed by atoms with Crippen molar-refractivity contribution < 1.29 is 4.39 Å². The minimum absolute atomic E-state index is 0.0331. The van der Waals surface area contributed by atoms with Gasteiger partial charge < -0.3 is 0 Å². The smallest absolute Gasteiger partial charge is 0.262 e. The molecule has 0 unspecified atom stereocenters. The molecule has 0 atom stereocenters. The lowest BCUT2D eigenvalue weighted by Crippen LogP contribution is -2.22. The highest BCUT2D eigenvalue weighted by Crippen LogP contribution is 2.30. The first-order valence-corrected chi connectivity index (χ1v) is 7.67. The summed E-state index contributed by atoms with van der Waals surface area (Å²) in [5.74, 6) is 0.0866. The number of benzene rings is 1. The highest BCUT2D eigenvalue weighted by Gasteiger charge is 2.13. The van der Waals surface area contributed by atoms with Crippen molar-refractivity contribution in [2.45, 2.75) is 20.4 Å². The average Bonchev–Trinajstić information content (AvgIpc) is 2.87. The largest absolute Gasteiger partial charge is 0.298 e. The SMILES string of the molecule is CC(C)Cn1cnc2scc(-c3ccc(F)cc3)c2c1=O. The van der Waals surface area contributed by atoms with Crippen LogP contribution in [0, 0.1) is 11.7 Å². The molecule has 21 heavy (non-hydrogen) atoms. The summed E-state index contributed by atoms with van der Waals surface area (Å²) in [5.41, 5.74) is 1.63. The maximum absolute atomic E-state index is 13.1. The third-order valence-electron chi connectivity index (χ3n) is 3.28. The zero-order valence-corrected chi connectivity index (χ0v) is 12.7. The molecule has 0 N–H and O–H groups in total. The third kappa shape index (κ3) is 2.61. The van der Waals surface area contributed by atoms with Gasteiger partial charge in [0.1, 0.15) is 10.6 Å². The maximum Gasteiger partial charge on any atom is 0.262 e. The number of rotatable bonds is 3. The lowest BCUT2D eigenvalue weighted by Gasteiger charge is -2.08. The molecule has 0 radical (unpaired) electrons. The van der Waals surface area contributed by atoms with Gasteiger partial charge in [-0.05, 0) is 23.6 Å². The van der Waals surface area contributed by atoms with E-state index in [-0.39, 0.29) is 11.4 Å². The van der Waals surface area contributed by atoms with Crippen molar-refractivity contribution >= 4 is 21.6 Å². The summed E-state index contributed by atoms with van der Waals surface area (Å²) in [6.07, 6.45) is 1.61. The molecule has 1 aromatic carbocycles. The van der Waals surface area contributed by atoms with Crippen LogP contribution in [0.15, 0.2) is 40.8 Å². The fourth-order valence-electron chi connectivity index (χ4n) is 2.33. The highest BCUT2D eigenvalue weighted by atomic mass is 32.1. The minimum atomic E-state index is -0.284. The van der Waals surface area contributed by atoms with E-state index in [4.69, 9.17) is 0 Å². The van der Waals surface area contributed by atoms with Crippen molar-refractivity contribution in [2.75, 3.05) is 0 Å². The van der Waals surface area contributed by atoms with Crippen LogP contribution in [0.3, 0.4) is 0 Å². The molecule has 3 nitrogen and oxygen atoms in total. The number of nitrogens with zero attached hydrogens (tertiary/aromatic N) is 2. The van der Waals surface area contributed by atoms with Gasteiger partial charge in [-0.3, -0.25) is 9.36 Å². The van der Waals surface area contributed by atoms with Crippen LogP contribution >= 0.6 is 11.3 Å². The molecule has 0 aliphatic rings. The first-order chi connectivity index (χ1) is 10.1. The van der Waals surface area contributed by atoms with E-state index in [0.717, 1.165) is 16.0 Å². The molecule has 2 heterocycles. The van der Waals surface area contributed by atoms with Crippen LogP contribution in [0.4, 0.5) is 4.39 Å². The zero-order chi connectivity index (χ0) is 15.0. The minimum Gasteiger partial charge on any atom is -0.298 e. The Morgan fingerprint density at radius 1 is 1.29 bits per heavy atom. The monoisotopic (exact) mass is 302 g/mol. The fraction of sp³-hybridized carbons (Fsp3) is 0.250. The quantitative estimate of drug-likeness (QED) is 0.735. The van der Waals surface area contributed by atoms with Crippen LogP contribution in [-0.4, -0.2) is 9.55 Å². The Balaban J connectivity index is 2.20. The molecule has 108 valence electrons. The first kappa shape index (κ1) is 13.9. The van der Waals surface area contributed by atoms with Gasteiger partial charge >= 0.3 is 0 Å². The van der Waals surface area contributed by atoms with Gasteiger partial charge in [-0.2, -0.15) is 0 Å². The summed E-state index contributed by atoms with van der Waals surface area (Å²) in [5, 5.41) is 2.53. The Labute approximate surface area is 125 Å². The molecule has 0 aliphatic heterocycles. The van der Waals surface area contributed by atoms with E-state index in [1.807, 2.05) is 5.38 Å². The van der Waals surface area contributed by atoms with Gasteiger partial charge in [0.15, 0.2) is 0 Å². The number of hydrogen-bond donors (Lipinski definition) is 0. The standard InChI is InChI=1S/C16H15FN2OS/c1-10(2)7-19-9-18-15-14(16(19)20)13(8-21-15)11-3-5-12(17)6-4-11/h3-6,8-10H,7H2,1-2H3. The third-order valence-corrected chi connectivity index (χ3v) is 4.16. The molecule has 0 saturated heterocycles. The molecular formula is C16H15FN2OS. The molecule has 0 fully saturated rings. The van der Waals surface area contributed by atoms with E-state index in [1.165, 1.54) is 23.5 Å². The molecule has 0 saturated carbocycles. The van der Waals surface area contributed by atoms with Crippen LogP contribution < -0.4 is 5.56 Å². The molecule has 0 aliphatic carbocycles. The van der Waals surface area contributed by atoms with E-state index < -0.39 is 0 Å². The maximum atomic E-state index is 13.1. The molecule has 2 aromatic heterocycles. The highest BCUT2D eigenvalue weighted by molar-refractivity contribution is 7.17. The van der Waals surface area contributed by atoms with Gasteiger partial charge in [-0.15, -0.1) is 11.3 Å². The van der Waals surface area contributed by atoms with Crippen LogP contribution in [0.5, 0.6) is 0 Å². The number of halogens is 1. The second kappa shape index (κ2) is 5.41. The topological polar surface area (TPSA) is 34.9 Å². The predicted octanol–water partition coefficient (Wildman–Crippen LogP) is 3.92. The normalized spacial score (nSPS) is 11.4. The Kier molecular flexibility index (Phi) is 3.59. The summed E-state index contributed by atoms with van der Waals surface area (Å²) < 4.78 is 14.7. The summed E-state index contributed by atoms with van der Waals surface area (Å²) in [6, 6.07) is 6.19. The summed E-state index contributed by atoms with van der Waals surface area (Å²) in [4.78, 5) is 17.7. The second-order valence-corrected chi connectivity index (χ2v) is 6.29. The lowest BCUT2D eigenvalue weighted by molar-refractivity contribution is 0.508. The Bertz CT molecular complexity index is 834. The van der Waals surface area contributed by atoms with E-state index in [1.54, 1.807) is 23.0 Å². The molecule has 0 spiro atoms. The van der Waals surface area contributed by atoms with Crippen LogP contribution in [-0.2, 0) is 6.54 Å². The number of hydrogen-bond acceptors (Lipinski definition) is 3. The molecule has 5 heteroatoms. The second-order valence-electron chi connectivity index (χ2n) is 5.43. The van der Waals surface area contributed by atoms with Crippen molar-refractivity contribution in [1.29, 1.82) is 0 Å². The molecule has 0 amide bonds. The predicted molar refractivity (Wildman–Crippen MR) is 84.1 cm³/mol. The van der Waals surface area contributed by atoms with Crippen LogP contribution in [0.1, 0.15) is 13.8 Å². The van der Waals surface area contributed by atoms with Crippen molar-refractivity contribution in [3.05, 3.63) is 52.1 Å². The van der Waals surface area contributed by atoms with Gasteiger partial charge in [0, 0.05) is 17.5 Å². The van der Waals surface area contributed by atoms with Crippen molar-refractivity contribution in [3.63, 3.8) is 0 Å². The van der Waals surface area contributed by atoms with Gasteiger partial charge in [0.2, 0.25) is 0 Å². The summed E-state index contributed by atoms with van der Waals surface area (Å²) in [6.45, 7) is 4.76. The first-order valence-electron chi connectivity index (χ1n) is 6.79. The molecule has 3 aromatic rings. The van der Waals surface area contributed by atoms with Crippen LogP contribution in [0.2, 0.25) is 0 Å².